The molecule has 0 fully saturated rings. The average molecular weight is 359 g/mol. The number of nitrogens with one attached hydrogen (secondary N) is 1. The maximum absolute atomic E-state index is 13.5. The first-order valence-electron chi connectivity index (χ1n) is 7.80. The number of carbonyl (C=O) groups is 2. The quantitative estimate of drug-likeness (QED) is 0.705. The van der Waals surface area contributed by atoms with Crippen LogP contribution in [0, 0.1) is 18.6 Å². The number of anilines is 1. The largest absolute Gasteiger partial charge is 0.464 e. The fourth-order valence-corrected chi connectivity index (χ4v) is 2.47. The maximum Gasteiger partial charge on any atom is 0.310 e. The molecule has 7 heteroatoms. The van der Waals surface area contributed by atoms with Crippen molar-refractivity contribution < 1.29 is 27.5 Å². The Balaban J connectivity index is 1.57. The summed E-state index contributed by atoms with van der Waals surface area (Å²) in [5, 5.41) is 2.83. The number of fused-ring (bicyclic) bond motifs is 1. The molecule has 0 bridgehead atoms. The van der Waals surface area contributed by atoms with Crippen molar-refractivity contribution in [2.75, 3.05) is 11.9 Å². The van der Waals surface area contributed by atoms with Crippen LogP contribution in [0.3, 0.4) is 0 Å². The van der Waals surface area contributed by atoms with E-state index >= 15 is 0 Å². The van der Waals surface area contributed by atoms with Crippen LogP contribution in [0.25, 0.3) is 11.0 Å². The maximum atomic E-state index is 13.5. The zero-order valence-electron chi connectivity index (χ0n) is 13.8. The molecule has 26 heavy (non-hydrogen) atoms. The Labute approximate surface area is 147 Å². The van der Waals surface area contributed by atoms with Gasteiger partial charge in [-0.2, -0.15) is 0 Å². The lowest BCUT2D eigenvalue weighted by molar-refractivity contribution is -0.146. The predicted molar refractivity (Wildman–Crippen MR) is 90.6 cm³/mol. The van der Waals surface area contributed by atoms with Gasteiger partial charge in [-0.3, -0.25) is 9.59 Å². The average Bonchev–Trinajstić information content (AvgIpc) is 2.98. The molecule has 0 aliphatic carbocycles. The molecule has 0 aliphatic heterocycles. The standard InChI is InChI=1S/C19H15F2NO4/c1-11-5-6-13-12(9-25-16(13)7-11)8-18(24)26-10-17(23)22-19-14(20)3-2-4-15(19)21/h2-7,9H,8,10H2,1H3,(H,22,23). The van der Waals surface area contributed by atoms with Crippen molar-refractivity contribution in [1.29, 1.82) is 0 Å². The second-order valence-electron chi connectivity index (χ2n) is 5.74. The van der Waals surface area contributed by atoms with E-state index in [1.807, 2.05) is 30.4 Å². The number of hydrogen-bond acceptors (Lipinski definition) is 4. The first kappa shape index (κ1) is 17.6. The Bertz CT molecular complexity index is 961. The molecule has 0 radical (unpaired) electrons. The number of halogens is 2. The van der Waals surface area contributed by atoms with Gasteiger partial charge in [0.15, 0.2) is 6.61 Å². The third-order valence-electron chi connectivity index (χ3n) is 3.74. The van der Waals surface area contributed by atoms with Gasteiger partial charge < -0.3 is 14.5 Å². The van der Waals surface area contributed by atoms with Crippen molar-refractivity contribution >= 4 is 28.5 Å². The van der Waals surface area contributed by atoms with Gasteiger partial charge in [-0.15, -0.1) is 0 Å². The second-order valence-corrected chi connectivity index (χ2v) is 5.74. The lowest BCUT2D eigenvalue weighted by atomic mass is 10.1. The van der Waals surface area contributed by atoms with Crippen molar-refractivity contribution in [2.45, 2.75) is 13.3 Å². The van der Waals surface area contributed by atoms with E-state index in [4.69, 9.17) is 9.15 Å². The highest BCUT2D eigenvalue weighted by atomic mass is 19.1. The molecule has 1 amide bonds. The van der Waals surface area contributed by atoms with Crippen LogP contribution in [0.5, 0.6) is 0 Å². The van der Waals surface area contributed by atoms with Gasteiger partial charge in [-0.05, 0) is 30.7 Å². The number of benzene rings is 2. The second kappa shape index (κ2) is 7.35. The molecule has 0 saturated heterocycles. The number of ether oxygens (including phenoxy) is 1. The third kappa shape index (κ3) is 3.88. The zero-order chi connectivity index (χ0) is 18.7. The number of hydrogen-bond donors (Lipinski definition) is 1. The Hall–Kier alpha value is -3.22. The summed E-state index contributed by atoms with van der Waals surface area (Å²) in [6.45, 7) is 1.27. The van der Waals surface area contributed by atoms with E-state index in [0.717, 1.165) is 23.1 Å². The van der Waals surface area contributed by atoms with Crippen LogP contribution in [0.4, 0.5) is 14.5 Å². The molecular formula is C19H15F2NO4. The van der Waals surface area contributed by atoms with E-state index in [0.29, 0.717) is 11.1 Å². The van der Waals surface area contributed by atoms with Gasteiger partial charge >= 0.3 is 5.97 Å². The molecule has 0 saturated carbocycles. The van der Waals surface area contributed by atoms with Gasteiger partial charge in [0.05, 0.1) is 12.7 Å². The van der Waals surface area contributed by atoms with E-state index in [9.17, 15) is 18.4 Å². The fraction of sp³-hybridized carbons (Fsp3) is 0.158. The predicted octanol–water partition coefficient (Wildman–Crippen LogP) is 3.74. The minimum absolute atomic E-state index is 0.0859. The molecule has 0 aliphatic rings. The van der Waals surface area contributed by atoms with Crippen LogP contribution in [0.1, 0.15) is 11.1 Å². The monoisotopic (exact) mass is 359 g/mol. The smallest absolute Gasteiger partial charge is 0.310 e. The molecule has 1 N–H and O–H groups in total. The van der Waals surface area contributed by atoms with E-state index in [1.165, 1.54) is 12.3 Å². The summed E-state index contributed by atoms with van der Waals surface area (Å²) < 4.78 is 37.2. The minimum atomic E-state index is -0.912. The number of aryl methyl sites for hydroxylation is 1. The van der Waals surface area contributed by atoms with Gasteiger partial charge in [0, 0.05) is 10.9 Å². The summed E-state index contributed by atoms with van der Waals surface area (Å²) in [4.78, 5) is 23.7. The molecule has 0 spiro atoms. The van der Waals surface area contributed by atoms with Crippen LogP contribution in [-0.2, 0) is 20.7 Å². The number of esters is 1. The first-order chi connectivity index (χ1) is 12.4. The van der Waals surface area contributed by atoms with E-state index in [1.54, 1.807) is 0 Å². The van der Waals surface area contributed by atoms with Crippen molar-refractivity contribution in [3.8, 4) is 0 Å². The Morgan fingerprint density at radius 3 is 2.62 bits per heavy atom. The summed E-state index contributed by atoms with van der Waals surface area (Å²) in [6, 6.07) is 8.78. The molecule has 5 nitrogen and oxygen atoms in total. The lowest BCUT2D eigenvalue weighted by Crippen LogP contribution is -2.22. The molecule has 1 heterocycles. The zero-order valence-corrected chi connectivity index (χ0v) is 13.8. The van der Waals surface area contributed by atoms with Crippen molar-refractivity contribution in [2.24, 2.45) is 0 Å². The highest BCUT2D eigenvalue weighted by molar-refractivity contribution is 5.93. The molecule has 0 unspecified atom stereocenters. The highest BCUT2D eigenvalue weighted by Gasteiger charge is 2.15. The summed E-state index contributed by atoms with van der Waals surface area (Å²) >= 11 is 0. The van der Waals surface area contributed by atoms with Gasteiger partial charge in [-0.25, -0.2) is 8.78 Å². The van der Waals surface area contributed by atoms with Crippen LogP contribution in [0.2, 0.25) is 0 Å². The number of amides is 1. The highest BCUT2D eigenvalue weighted by Crippen LogP contribution is 2.23. The number of furan rings is 1. The molecule has 1 aromatic heterocycles. The summed E-state index contributed by atoms with van der Waals surface area (Å²) in [7, 11) is 0. The Morgan fingerprint density at radius 1 is 1.15 bits per heavy atom. The van der Waals surface area contributed by atoms with Gasteiger partial charge in [0.25, 0.3) is 5.91 Å². The summed E-state index contributed by atoms with van der Waals surface area (Å²) in [5.74, 6) is -3.32. The number of carbonyl (C=O) groups excluding carboxylic acids is 2. The minimum Gasteiger partial charge on any atom is -0.464 e. The summed E-state index contributed by atoms with van der Waals surface area (Å²) in [6.07, 6.45) is 1.37. The van der Waals surface area contributed by atoms with Crippen LogP contribution in [0.15, 0.2) is 47.1 Å². The normalized spacial score (nSPS) is 10.7. The van der Waals surface area contributed by atoms with Crippen molar-refractivity contribution in [1.82, 2.24) is 0 Å². The van der Waals surface area contributed by atoms with E-state index in [-0.39, 0.29) is 6.42 Å². The van der Waals surface area contributed by atoms with Crippen LogP contribution >= 0.6 is 0 Å². The SMILES string of the molecule is Cc1ccc2c(CC(=O)OCC(=O)Nc3c(F)cccc3F)coc2c1. The molecule has 0 atom stereocenters. The van der Waals surface area contributed by atoms with Crippen LogP contribution in [-0.4, -0.2) is 18.5 Å². The molecule has 134 valence electrons. The Kier molecular flexibility index (Phi) is 4.97. The first-order valence-corrected chi connectivity index (χ1v) is 7.80. The molecular weight excluding hydrogens is 344 g/mol. The third-order valence-corrected chi connectivity index (χ3v) is 3.74. The van der Waals surface area contributed by atoms with Crippen LogP contribution < -0.4 is 5.32 Å². The number of rotatable bonds is 5. The number of para-hydroxylation sites is 1. The van der Waals surface area contributed by atoms with E-state index in [2.05, 4.69) is 0 Å². The van der Waals surface area contributed by atoms with Gasteiger partial charge in [0.1, 0.15) is 22.9 Å². The fourth-order valence-electron chi connectivity index (χ4n) is 2.47. The molecule has 2 aromatic carbocycles. The van der Waals surface area contributed by atoms with Crippen molar-refractivity contribution in [3.63, 3.8) is 0 Å². The van der Waals surface area contributed by atoms with Gasteiger partial charge in [-0.1, -0.05) is 18.2 Å². The Morgan fingerprint density at radius 2 is 1.88 bits per heavy atom. The molecule has 3 aromatic rings. The lowest BCUT2D eigenvalue weighted by Gasteiger charge is -2.08. The van der Waals surface area contributed by atoms with Crippen molar-refractivity contribution in [3.05, 3.63) is 65.4 Å². The topological polar surface area (TPSA) is 68.5 Å². The van der Waals surface area contributed by atoms with E-state index < -0.39 is 35.8 Å². The van der Waals surface area contributed by atoms with Gasteiger partial charge in [0.2, 0.25) is 0 Å². The molecule has 3 rings (SSSR count). The summed E-state index contributed by atoms with van der Waals surface area (Å²) in [5.41, 5.74) is 1.73.